The highest BCUT2D eigenvalue weighted by atomic mass is 31.2. The summed E-state index contributed by atoms with van der Waals surface area (Å²) in [6.45, 7) is 6.00. The normalized spacial score (nSPS) is 8.13. The molecule has 0 spiro atoms. The fourth-order valence-electron chi connectivity index (χ4n) is 0. The first-order valence-corrected chi connectivity index (χ1v) is 5.20. The van der Waals surface area contributed by atoms with Gasteiger partial charge in [-0.25, -0.2) is 9.13 Å². The van der Waals surface area contributed by atoms with Crippen LogP contribution < -0.4 is 0 Å². The average Bonchev–Trinajstić information content (AvgIpc) is 1.59. The van der Waals surface area contributed by atoms with Crippen LogP contribution in [0.4, 0.5) is 0 Å². The van der Waals surface area contributed by atoms with Crippen LogP contribution in [0, 0.1) is 0 Å². The molecule has 0 fully saturated rings. The summed E-state index contributed by atoms with van der Waals surface area (Å²) in [7, 11) is -9.28. The molecule has 0 heterocycles. The molecule has 0 aliphatic rings. The van der Waals surface area contributed by atoms with Crippen LogP contribution in [0.2, 0.25) is 0 Å². The second-order valence-electron chi connectivity index (χ2n) is 1.03. The van der Waals surface area contributed by atoms with Crippen molar-refractivity contribution < 1.29 is 54.9 Å². The molecule has 15 heavy (non-hydrogen) atoms. The first-order chi connectivity index (χ1) is 5.00. The molecule has 0 aromatic rings. The van der Waals surface area contributed by atoms with Gasteiger partial charge in [0.05, 0.1) is 0 Å². The zero-order chi connectivity index (χ0) is 11.0. The topological polar surface area (TPSA) is 250 Å². The largest absolute Gasteiger partial charge is 0.466 e. The molecule has 0 unspecified atom stereocenters. The van der Waals surface area contributed by atoms with E-state index in [0.29, 0.717) is 0 Å². The van der Waals surface area contributed by atoms with E-state index in [-0.39, 0.29) is 16.4 Å². The quantitative estimate of drug-likeness (QED) is 0.190. The van der Waals surface area contributed by atoms with Gasteiger partial charge < -0.3 is 45.8 Å². The Kier molecular flexibility index (Phi) is 39.5. The van der Waals surface area contributed by atoms with Crippen molar-refractivity contribution in [1.82, 2.24) is 0 Å². The van der Waals surface area contributed by atoms with Gasteiger partial charge in [0, 0.05) is 0 Å². The first kappa shape index (κ1) is 36.4. The Balaban J connectivity index is -0.0000000197. The van der Waals surface area contributed by atoms with Crippen LogP contribution in [0.25, 0.3) is 0 Å². The lowest BCUT2D eigenvalue weighted by atomic mass is 11.3. The second kappa shape index (κ2) is 16.3. The van der Waals surface area contributed by atoms with Crippen molar-refractivity contribution >= 4 is 15.6 Å². The maximum absolute atomic E-state index is 8.88. The van der Waals surface area contributed by atoms with E-state index in [1.165, 1.54) is 0 Å². The third kappa shape index (κ3) is 75800. The number of rotatable bonds is 0. The van der Waals surface area contributed by atoms with Gasteiger partial charge in [-0.3, -0.25) is 0 Å². The fourth-order valence-corrected chi connectivity index (χ4v) is 0. The van der Waals surface area contributed by atoms with E-state index in [4.69, 9.17) is 38.5 Å². The Labute approximate surface area is 84.7 Å². The van der Waals surface area contributed by atoms with Crippen LogP contribution in [0.3, 0.4) is 0 Å². The smallest absolute Gasteiger partial charge is 0.412 e. The number of phosphoric acid groups is 2. The van der Waals surface area contributed by atoms with Crippen LogP contribution in [-0.2, 0) is 9.13 Å². The van der Waals surface area contributed by atoms with Crippen LogP contribution >= 0.6 is 15.6 Å². The minimum atomic E-state index is -4.64. The van der Waals surface area contributed by atoms with Crippen molar-refractivity contribution in [3.63, 3.8) is 0 Å². The molecule has 0 aromatic heterocycles. The van der Waals surface area contributed by atoms with E-state index in [1.807, 2.05) is 0 Å². The van der Waals surface area contributed by atoms with Gasteiger partial charge in [-0.15, -0.1) is 13.2 Å². The van der Waals surface area contributed by atoms with E-state index in [2.05, 4.69) is 13.2 Å². The maximum Gasteiger partial charge on any atom is 0.466 e. The van der Waals surface area contributed by atoms with Gasteiger partial charge >= 0.3 is 15.6 Å². The standard InChI is InChI=1S/C2H4.2H3O4P.3H2O/c1-2;2*1-5(2,3)4;;;/h1-2H2;2*(H3,1,2,3,4);3*1H2. The first-order valence-electron chi connectivity index (χ1n) is 2.07. The van der Waals surface area contributed by atoms with Gasteiger partial charge in [-0.05, 0) is 0 Å². The Morgan fingerprint density at radius 3 is 0.600 bits per heavy atom. The lowest BCUT2D eigenvalue weighted by molar-refractivity contribution is 0.272. The molecular formula is C2H16O11P2. The predicted molar refractivity (Wildman–Crippen MR) is 50.6 cm³/mol. The summed E-state index contributed by atoms with van der Waals surface area (Å²) >= 11 is 0. The summed E-state index contributed by atoms with van der Waals surface area (Å²) in [6.07, 6.45) is 0. The molecule has 0 aromatic carbocycles. The molecule has 11 nitrogen and oxygen atoms in total. The molecule has 0 rings (SSSR count). The lowest BCUT2D eigenvalue weighted by Gasteiger charge is -1.82. The van der Waals surface area contributed by atoms with Crippen LogP contribution in [-0.4, -0.2) is 45.8 Å². The summed E-state index contributed by atoms with van der Waals surface area (Å²) in [5.41, 5.74) is 0. The molecule has 0 saturated heterocycles. The van der Waals surface area contributed by atoms with E-state index in [0.717, 1.165) is 0 Å². The van der Waals surface area contributed by atoms with Crippen molar-refractivity contribution in [3.8, 4) is 0 Å². The molecule has 12 N–H and O–H groups in total. The highest BCUT2D eigenvalue weighted by Gasteiger charge is 2.00. The minimum absolute atomic E-state index is 0. The van der Waals surface area contributed by atoms with Gasteiger partial charge in [-0.1, -0.05) is 0 Å². The summed E-state index contributed by atoms with van der Waals surface area (Å²) < 4.78 is 17.8. The molecule has 100 valence electrons. The van der Waals surface area contributed by atoms with Gasteiger partial charge in [-0.2, -0.15) is 0 Å². The number of hydrogen-bond donors (Lipinski definition) is 6. The van der Waals surface area contributed by atoms with Gasteiger partial charge in [0.15, 0.2) is 0 Å². The minimum Gasteiger partial charge on any atom is -0.412 e. The molecule has 0 radical (unpaired) electrons. The SMILES string of the molecule is C=C.O.O.O.O=P(O)(O)O.O=P(O)(O)O. The molecular weight excluding hydrogens is 262 g/mol. The Bertz CT molecular complexity index is 140. The van der Waals surface area contributed by atoms with Crippen molar-refractivity contribution in [2.75, 3.05) is 0 Å². The average molecular weight is 278 g/mol. The van der Waals surface area contributed by atoms with Crippen molar-refractivity contribution in [3.05, 3.63) is 13.2 Å². The van der Waals surface area contributed by atoms with Crippen molar-refractivity contribution in [2.24, 2.45) is 0 Å². The Morgan fingerprint density at radius 2 is 0.600 bits per heavy atom. The maximum atomic E-state index is 8.88. The molecule has 0 bridgehead atoms. The zero-order valence-corrected chi connectivity index (χ0v) is 9.10. The highest BCUT2D eigenvalue weighted by molar-refractivity contribution is 7.45. The van der Waals surface area contributed by atoms with Gasteiger partial charge in [0.25, 0.3) is 0 Å². The molecule has 0 atom stereocenters. The number of hydrogen-bond acceptors (Lipinski definition) is 2. The molecule has 0 aliphatic carbocycles. The lowest BCUT2D eigenvalue weighted by Crippen LogP contribution is -1.66. The summed E-state index contributed by atoms with van der Waals surface area (Å²) in [6, 6.07) is 0. The molecule has 13 heteroatoms. The van der Waals surface area contributed by atoms with E-state index in [9.17, 15) is 0 Å². The van der Waals surface area contributed by atoms with E-state index >= 15 is 0 Å². The van der Waals surface area contributed by atoms with Crippen LogP contribution in [0.15, 0.2) is 13.2 Å². The predicted octanol–water partition coefficient (Wildman–Crippen LogP) is -3.53. The third-order valence-corrected chi connectivity index (χ3v) is 0. The summed E-state index contributed by atoms with van der Waals surface area (Å²) in [4.78, 5) is 43.1. The highest BCUT2D eigenvalue weighted by Crippen LogP contribution is 2.26. The second-order valence-corrected chi connectivity index (χ2v) is 3.08. The summed E-state index contributed by atoms with van der Waals surface area (Å²) in [5, 5.41) is 0. The Morgan fingerprint density at radius 1 is 0.600 bits per heavy atom. The molecule has 0 amide bonds. The Hall–Kier alpha value is -0.160. The monoisotopic (exact) mass is 278 g/mol. The van der Waals surface area contributed by atoms with E-state index < -0.39 is 15.6 Å². The van der Waals surface area contributed by atoms with Crippen molar-refractivity contribution in [2.45, 2.75) is 0 Å². The van der Waals surface area contributed by atoms with E-state index in [1.54, 1.807) is 0 Å². The third-order valence-electron chi connectivity index (χ3n) is 0. The van der Waals surface area contributed by atoms with Crippen LogP contribution in [0.1, 0.15) is 0 Å². The summed E-state index contributed by atoms with van der Waals surface area (Å²) in [5.74, 6) is 0. The van der Waals surface area contributed by atoms with Crippen LogP contribution in [0.5, 0.6) is 0 Å². The van der Waals surface area contributed by atoms with Gasteiger partial charge in [0.1, 0.15) is 0 Å². The fraction of sp³-hybridized carbons (Fsp3) is 0. The molecule has 0 aliphatic heterocycles. The zero-order valence-electron chi connectivity index (χ0n) is 7.31. The van der Waals surface area contributed by atoms with Gasteiger partial charge in [0.2, 0.25) is 0 Å². The van der Waals surface area contributed by atoms with Crippen molar-refractivity contribution in [1.29, 1.82) is 0 Å². The molecule has 0 saturated carbocycles.